The average Bonchev–Trinajstić information content (AvgIpc) is 3.16. The van der Waals surface area contributed by atoms with Crippen LogP contribution < -0.4 is 10.6 Å². The van der Waals surface area contributed by atoms with Gasteiger partial charge in [-0.1, -0.05) is 42.8 Å². The maximum Gasteiger partial charge on any atom is 0.191 e. The van der Waals surface area contributed by atoms with Crippen molar-refractivity contribution in [3.8, 4) is 5.82 Å². The van der Waals surface area contributed by atoms with Crippen LogP contribution >= 0.6 is 24.0 Å². The number of nitrogens with zero attached hydrogens (tertiary/aromatic N) is 4. The van der Waals surface area contributed by atoms with Gasteiger partial charge in [0.1, 0.15) is 11.6 Å². The fourth-order valence-electron chi connectivity index (χ4n) is 3.05. The van der Waals surface area contributed by atoms with Gasteiger partial charge in [-0.25, -0.2) is 15.0 Å². The third-order valence-electron chi connectivity index (χ3n) is 4.87. The molecule has 3 aromatic rings. The Labute approximate surface area is 196 Å². The van der Waals surface area contributed by atoms with Crippen molar-refractivity contribution in [3.05, 3.63) is 77.5 Å². The molecule has 0 aliphatic carbocycles. The molecule has 7 heteroatoms. The van der Waals surface area contributed by atoms with Crippen LogP contribution in [0.2, 0.25) is 0 Å². The second-order valence-corrected chi connectivity index (χ2v) is 7.26. The Kier molecular flexibility index (Phi) is 9.29. The molecule has 6 nitrogen and oxygen atoms in total. The normalized spacial score (nSPS) is 12.2. The lowest BCUT2D eigenvalue weighted by molar-refractivity contribution is 0.699. The molecule has 0 fully saturated rings. The van der Waals surface area contributed by atoms with Gasteiger partial charge >= 0.3 is 0 Å². The Morgan fingerprint density at radius 1 is 1.07 bits per heavy atom. The minimum atomic E-state index is 0. The second kappa shape index (κ2) is 11.7. The van der Waals surface area contributed by atoms with Crippen LogP contribution in [0.15, 0.2) is 60.0 Å². The van der Waals surface area contributed by atoms with Gasteiger partial charge in [-0.2, -0.15) is 0 Å². The van der Waals surface area contributed by atoms with Crippen molar-refractivity contribution in [3.63, 3.8) is 0 Å². The lowest BCUT2D eigenvalue weighted by Crippen LogP contribution is -2.39. The summed E-state index contributed by atoms with van der Waals surface area (Å²) in [4.78, 5) is 13.5. The van der Waals surface area contributed by atoms with Crippen LogP contribution in [0.25, 0.3) is 5.82 Å². The van der Waals surface area contributed by atoms with Crippen molar-refractivity contribution in [1.29, 1.82) is 0 Å². The van der Waals surface area contributed by atoms with Crippen LogP contribution in [0, 0.1) is 13.8 Å². The molecule has 2 N–H and O–H groups in total. The zero-order valence-electron chi connectivity index (χ0n) is 18.1. The molecule has 0 saturated carbocycles. The van der Waals surface area contributed by atoms with Crippen molar-refractivity contribution in [2.75, 3.05) is 13.1 Å². The minimum Gasteiger partial charge on any atom is -0.357 e. The Balaban J connectivity index is 0.00000320. The van der Waals surface area contributed by atoms with Gasteiger partial charge in [-0.05, 0) is 43.9 Å². The van der Waals surface area contributed by atoms with Crippen LogP contribution in [0.3, 0.4) is 0 Å². The van der Waals surface area contributed by atoms with Crippen LogP contribution in [0.1, 0.15) is 42.3 Å². The molecular formula is C23H31IN6. The first-order valence-electron chi connectivity index (χ1n) is 10.1. The molecule has 2 heterocycles. The number of aryl methyl sites for hydroxylation is 2. The molecule has 0 amide bonds. The maximum atomic E-state index is 4.71. The zero-order chi connectivity index (χ0) is 20.6. The van der Waals surface area contributed by atoms with Crippen LogP contribution in [0.4, 0.5) is 0 Å². The van der Waals surface area contributed by atoms with E-state index in [9.17, 15) is 0 Å². The number of imidazole rings is 1. The second-order valence-electron chi connectivity index (χ2n) is 7.26. The van der Waals surface area contributed by atoms with E-state index in [1.165, 1.54) is 11.1 Å². The molecule has 1 atom stereocenters. The number of hydrogen-bond donors (Lipinski definition) is 2. The Bertz CT molecular complexity index is 931. The smallest absolute Gasteiger partial charge is 0.191 e. The third-order valence-corrected chi connectivity index (χ3v) is 4.87. The van der Waals surface area contributed by atoms with Crippen molar-refractivity contribution in [2.24, 2.45) is 4.99 Å². The number of benzene rings is 1. The summed E-state index contributed by atoms with van der Waals surface area (Å²) in [6, 6.07) is 12.8. The van der Waals surface area contributed by atoms with Crippen molar-refractivity contribution in [2.45, 2.75) is 40.2 Å². The first kappa shape index (κ1) is 23.9. The van der Waals surface area contributed by atoms with Crippen LogP contribution in [-0.2, 0) is 6.54 Å². The minimum absolute atomic E-state index is 0. The molecule has 0 aliphatic rings. The van der Waals surface area contributed by atoms with Crippen LogP contribution in [0.5, 0.6) is 0 Å². The largest absolute Gasteiger partial charge is 0.357 e. The topological polar surface area (TPSA) is 67.1 Å². The van der Waals surface area contributed by atoms with E-state index in [1.807, 2.05) is 30.0 Å². The predicted molar refractivity (Wildman–Crippen MR) is 134 cm³/mol. The number of rotatable bonds is 7. The quantitative estimate of drug-likeness (QED) is 0.277. The molecule has 2 aromatic heterocycles. The summed E-state index contributed by atoms with van der Waals surface area (Å²) in [6.07, 6.45) is 5.57. The fraction of sp³-hybridized carbons (Fsp3) is 0.348. The van der Waals surface area contributed by atoms with E-state index >= 15 is 0 Å². The van der Waals surface area contributed by atoms with Gasteiger partial charge in [-0.3, -0.25) is 4.57 Å². The average molecular weight is 518 g/mol. The van der Waals surface area contributed by atoms with Crippen LogP contribution in [-0.4, -0.2) is 33.6 Å². The predicted octanol–water partition coefficient (Wildman–Crippen LogP) is 4.36. The van der Waals surface area contributed by atoms with Gasteiger partial charge in [0.15, 0.2) is 5.96 Å². The molecule has 30 heavy (non-hydrogen) atoms. The molecule has 0 spiro atoms. The summed E-state index contributed by atoms with van der Waals surface area (Å²) in [7, 11) is 0. The highest BCUT2D eigenvalue weighted by atomic mass is 127. The highest BCUT2D eigenvalue weighted by molar-refractivity contribution is 14.0. The third kappa shape index (κ3) is 6.55. The number of guanidine groups is 1. The summed E-state index contributed by atoms with van der Waals surface area (Å²) in [5, 5.41) is 6.77. The van der Waals surface area contributed by atoms with Crippen molar-refractivity contribution in [1.82, 2.24) is 25.2 Å². The maximum absolute atomic E-state index is 4.71. The van der Waals surface area contributed by atoms with Gasteiger partial charge in [0.05, 0.1) is 6.54 Å². The molecule has 0 aliphatic heterocycles. The van der Waals surface area contributed by atoms with E-state index in [0.29, 0.717) is 12.5 Å². The van der Waals surface area contributed by atoms with Gasteiger partial charge < -0.3 is 10.6 Å². The summed E-state index contributed by atoms with van der Waals surface area (Å²) in [5.74, 6) is 3.01. The number of pyridine rings is 1. The highest BCUT2D eigenvalue weighted by Crippen LogP contribution is 2.14. The standard InChI is InChI=1S/C23H30N6.HI/c1-5-24-23(27-14-18(3)21-9-6-17(2)7-10-21)28-16-20-8-11-22(26-15-20)29-13-12-25-19(29)4;/h6-13,15,18H,5,14,16H2,1-4H3,(H2,24,27,28);1H. The lowest BCUT2D eigenvalue weighted by Gasteiger charge is -2.16. The Morgan fingerprint density at radius 3 is 2.43 bits per heavy atom. The summed E-state index contributed by atoms with van der Waals surface area (Å²) in [5.41, 5.74) is 3.68. The lowest BCUT2D eigenvalue weighted by atomic mass is 10.0. The van der Waals surface area contributed by atoms with E-state index < -0.39 is 0 Å². The number of aromatic nitrogens is 3. The van der Waals surface area contributed by atoms with E-state index in [-0.39, 0.29) is 24.0 Å². The molecular weight excluding hydrogens is 487 g/mol. The molecule has 1 unspecified atom stereocenters. The molecule has 1 aromatic carbocycles. The zero-order valence-corrected chi connectivity index (χ0v) is 20.4. The number of aliphatic imine (C=N–C) groups is 1. The molecule has 160 valence electrons. The van der Waals surface area contributed by atoms with Gasteiger partial charge in [0.2, 0.25) is 0 Å². The molecule has 0 saturated heterocycles. The Hall–Kier alpha value is -2.42. The molecule has 0 radical (unpaired) electrons. The van der Waals surface area contributed by atoms with E-state index in [1.54, 1.807) is 6.20 Å². The van der Waals surface area contributed by atoms with E-state index in [0.717, 1.165) is 36.3 Å². The Morgan fingerprint density at radius 2 is 1.83 bits per heavy atom. The first-order valence-corrected chi connectivity index (χ1v) is 10.1. The van der Waals surface area contributed by atoms with E-state index in [4.69, 9.17) is 4.99 Å². The summed E-state index contributed by atoms with van der Waals surface area (Å²) >= 11 is 0. The van der Waals surface area contributed by atoms with Crippen molar-refractivity contribution >= 4 is 29.9 Å². The fourth-order valence-corrected chi connectivity index (χ4v) is 3.05. The molecule has 0 bridgehead atoms. The SMILES string of the molecule is CCNC(=NCc1ccc(-n2ccnc2C)nc1)NCC(C)c1ccc(C)cc1.I. The van der Waals surface area contributed by atoms with Gasteiger partial charge in [-0.15, -0.1) is 24.0 Å². The number of hydrogen-bond acceptors (Lipinski definition) is 3. The summed E-state index contributed by atoms with van der Waals surface area (Å²) in [6.45, 7) is 10.6. The monoisotopic (exact) mass is 518 g/mol. The number of nitrogens with one attached hydrogen (secondary N) is 2. The highest BCUT2D eigenvalue weighted by Gasteiger charge is 2.07. The van der Waals surface area contributed by atoms with Gasteiger partial charge in [0, 0.05) is 31.7 Å². The van der Waals surface area contributed by atoms with Crippen molar-refractivity contribution < 1.29 is 0 Å². The number of halogens is 1. The van der Waals surface area contributed by atoms with Gasteiger partial charge in [0.25, 0.3) is 0 Å². The molecule has 3 rings (SSSR count). The van der Waals surface area contributed by atoms with E-state index in [2.05, 4.69) is 71.7 Å². The first-order chi connectivity index (χ1) is 14.1. The summed E-state index contributed by atoms with van der Waals surface area (Å²) < 4.78 is 1.96.